The number of pyridine rings is 1. The summed E-state index contributed by atoms with van der Waals surface area (Å²) in [5.74, 6) is 0.573. The quantitative estimate of drug-likeness (QED) is 0.913. The van der Waals surface area contributed by atoms with Crippen LogP contribution < -0.4 is 9.47 Å². The van der Waals surface area contributed by atoms with Crippen molar-refractivity contribution in [3.63, 3.8) is 0 Å². The maximum atomic E-state index is 10.5. The van der Waals surface area contributed by atoms with E-state index < -0.39 is 6.10 Å². The first-order chi connectivity index (χ1) is 9.55. The first-order valence-corrected chi connectivity index (χ1v) is 6.13. The molecule has 20 heavy (non-hydrogen) atoms. The molecule has 0 aliphatic heterocycles. The highest BCUT2D eigenvalue weighted by Gasteiger charge is 2.20. The largest absolute Gasteiger partial charge is 0.480 e. The molecular formula is C14H17N3O3. The zero-order chi connectivity index (χ0) is 14.7. The van der Waals surface area contributed by atoms with Gasteiger partial charge in [-0.15, -0.1) is 0 Å². The van der Waals surface area contributed by atoms with Gasteiger partial charge in [-0.1, -0.05) is 0 Å². The summed E-state index contributed by atoms with van der Waals surface area (Å²) >= 11 is 0. The van der Waals surface area contributed by atoms with Gasteiger partial charge in [0.1, 0.15) is 11.8 Å². The van der Waals surface area contributed by atoms with Crippen LogP contribution in [0.15, 0.2) is 18.3 Å². The highest BCUT2D eigenvalue weighted by atomic mass is 16.5. The second-order valence-corrected chi connectivity index (χ2v) is 4.39. The molecule has 0 radical (unpaired) electrons. The van der Waals surface area contributed by atoms with Crippen molar-refractivity contribution in [1.82, 2.24) is 15.0 Å². The summed E-state index contributed by atoms with van der Waals surface area (Å²) in [5, 5.41) is 10.5. The van der Waals surface area contributed by atoms with Crippen molar-refractivity contribution in [1.29, 1.82) is 0 Å². The second-order valence-electron chi connectivity index (χ2n) is 4.39. The highest BCUT2D eigenvalue weighted by Crippen LogP contribution is 2.28. The Morgan fingerprint density at radius 3 is 2.25 bits per heavy atom. The lowest BCUT2D eigenvalue weighted by molar-refractivity contribution is 0.206. The van der Waals surface area contributed by atoms with Crippen molar-refractivity contribution < 1.29 is 14.6 Å². The maximum Gasteiger partial charge on any atom is 0.241 e. The van der Waals surface area contributed by atoms with Crippen molar-refractivity contribution in [2.45, 2.75) is 20.0 Å². The molecule has 6 nitrogen and oxygen atoms in total. The summed E-state index contributed by atoms with van der Waals surface area (Å²) < 4.78 is 10.2. The maximum absolute atomic E-state index is 10.5. The topological polar surface area (TPSA) is 77.4 Å². The summed E-state index contributed by atoms with van der Waals surface area (Å²) in [4.78, 5) is 12.6. The number of rotatable bonds is 4. The molecule has 0 saturated carbocycles. The molecule has 0 saturated heterocycles. The van der Waals surface area contributed by atoms with Crippen LogP contribution in [-0.4, -0.2) is 34.3 Å². The average Bonchev–Trinajstić information content (AvgIpc) is 2.44. The van der Waals surface area contributed by atoms with E-state index in [0.29, 0.717) is 17.1 Å². The molecule has 0 aliphatic carbocycles. The van der Waals surface area contributed by atoms with Crippen LogP contribution in [0.4, 0.5) is 0 Å². The lowest BCUT2D eigenvalue weighted by atomic mass is 10.1. The second kappa shape index (κ2) is 5.83. The summed E-state index contributed by atoms with van der Waals surface area (Å²) in [7, 11) is 2.97. The van der Waals surface area contributed by atoms with Gasteiger partial charge in [0.25, 0.3) is 0 Å². The van der Waals surface area contributed by atoms with E-state index in [1.54, 1.807) is 0 Å². The van der Waals surface area contributed by atoms with E-state index in [9.17, 15) is 5.11 Å². The van der Waals surface area contributed by atoms with Crippen LogP contribution in [0.3, 0.4) is 0 Å². The van der Waals surface area contributed by atoms with E-state index in [2.05, 4.69) is 15.0 Å². The molecule has 0 bridgehead atoms. The minimum absolute atomic E-state index is 0.240. The van der Waals surface area contributed by atoms with Crippen LogP contribution in [0, 0.1) is 13.8 Å². The molecule has 6 heteroatoms. The smallest absolute Gasteiger partial charge is 0.241 e. The Kier molecular flexibility index (Phi) is 4.14. The first-order valence-electron chi connectivity index (χ1n) is 6.13. The Morgan fingerprint density at radius 2 is 1.70 bits per heavy atom. The molecule has 2 rings (SSSR count). The Balaban J connectivity index is 2.44. The van der Waals surface area contributed by atoms with E-state index >= 15 is 0 Å². The van der Waals surface area contributed by atoms with Crippen molar-refractivity contribution in [3.8, 4) is 11.8 Å². The monoisotopic (exact) mass is 275 g/mol. The predicted molar refractivity (Wildman–Crippen MR) is 72.9 cm³/mol. The fourth-order valence-corrected chi connectivity index (χ4v) is 1.98. The summed E-state index contributed by atoms with van der Waals surface area (Å²) in [5.41, 5.74) is 2.71. The predicted octanol–water partition coefficient (Wildman–Crippen LogP) is 1.59. The number of aliphatic hydroxyl groups excluding tert-OH is 1. The normalized spacial score (nSPS) is 12.1. The van der Waals surface area contributed by atoms with Crippen LogP contribution in [0.5, 0.6) is 11.8 Å². The Morgan fingerprint density at radius 1 is 1.05 bits per heavy atom. The van der Waals surface area contributed by atoms with Gasteiger partial charge in [0.05, 0.1) is 20.4 Å². The van der Waals surface area contributed by atoms with Gasteiger partial charge in [-0.25, -0.2) is 4.98 Å². The Labute approximate surface area is 117 Å². The number of aromatic nitrogens is 3. The summed E-state index contributed by atoms with van der Waals surface area (Å²) in [6, 6.07) is 3.62. The minimum Gasteiger partial charge on any atom is -0.480 e. The Bertz CT molecular complexity index is 596. The van der Waals surface area contributed by atoms with Gasteiger partial charge in [0, 0.05) is 11.4 Å². The summed E-state index contributed by atoms with van der Waals surface area (Å²) in [6.07, 6.45) is 0.519. The lowest BCUT2D eigenvalue weighted by Gasteiger charge is -2.14. The third-order valence-electron chi connectivity index (χ3n) is 2.83. The molecule has 2 aromatic heterocycles. The molecule has 0 fully saturated rings. The molecule has 0 amide bonds. The minimum atomic E-state index is -0.927. The van der Waals surface area contributed by atoms with Crippen molar-refractivity contribution >= 4 is 0 Å². The van der Waals surface area contributed by atoms with E-state index in [-0.39, 0.29) is 5.88 Å². The van der Waals surface area contributed by atoms with Gasteiger partial charge in [-0.05, 0) is 31.5 Å². The van der Waals surface area contributed by atoms with Gasteiger partial charge in [-0.2, -0.15) is 4.98 Å². The average molecular weight is 275 g/mol. The van der Waals surface area contributed by atoms with Gasteiger partial charge in [0.2, 0.25) is 11.8 Å². The van der Waals surface area contributed by atoms with E-state index in [1.807, 2.05) is 26.0 Å². The fraction of sp³-hybridized carbons (Fsp3) is 0.357. The molecule has 0 aliphatic rings. The highest BCUT2D eigenvalue weighted by molar-refractivity contribution is 5.34. The molecule has 1 atom stereocenters. The lowest BCUT2D eigenvalue weighted by Crippen LogP contribution is -2.08. The number of hydrogen-bond acceptors (Lipinski definition) is 6. The number of nitrogens with zero attached hydrogens (tertiary/aromatic N) is 3. The third-order valence-corrected chi connectivity index (χ3v) is 2.83. The van der Waals surface area contributed by atoms with Crippen LogP contribution in [0.25, 0.3) is 0 Å². The number of methoxy groups -OCH3 is 2. The number of hydrogen-bond donors (Lipinski definition) is 1. The van der Waals surface area contributed by atoms with Crippen molar-refractivity contribution in [2.24, 2.45) is 0 Å². The molecule has 106 valence electrons. The number of aryl methyl sites for hydroxylation is 2. The van der Waals surface area contributed by atoms with Crippen molar-refractivity contribution in [2.75, 3.05) is 14.2 Å². The van der Waals surface area contributed by atoms with Crippen LogP contribution >= 0.6 is 0 Å². The van der Waals surface area contributed by atoms with Gasteiger partial charge < -0.3 is 14.6 Å². The summed E-state index contributed by atoms with van der Waals surface area (Å²) in [6.45, 7) is 3.75. The molecule has 2 aromatic rings. The first kappa shape index (κ1) is 14.2. The van der Waals surface area contributed by atoms with Gasteiger partial charge in [-0.3, -0.25) is 4.98 Å². The Hall–Kier alpha value is -2.21. The SMILES string of the molecule is COc1cnc(C(O)c2cc(C)nc(C)c2)c(OC)n1. The zero-order valence-corrected chi connectivity index (χ0v) is 11.9. The molecule has 1 unspecified atom stereocenters. The van der Waals surface area contributed by atoms with Gasteiger partial charge >= 0.3 is 0 Å². The van der Waals surface area contributed by atoms with E-state index in [1.165, 1.54) is 20.4 Å². The number of aliphatic hydroxyl groups is 1. The molecular weight excluding hydrogens is 258 g/mol. The molecule has 1 N–H and O–H groups in total. The molecule has 0 spiro atoms. The van der Waals surface area contributed by atoms with Crippen LogP contribution in [-0.2, 0) is 0 Å². The molecule has 2 heterocycles. The van der Waals surface area contributed by atoms with Crippen molar-refractivity contribution in [3.05, 3.63) is 41.0 Å². The number of ether oxygens (including phenoxy) is 2. The van der Waals surface area contributed by atoms with Gasteiger partial charge in [0.15, 0.2) is 0 Å². The fourth-order valence-electron chi connectivity index (χ4n) is 1.98. The van der Waals surface area contributed by atoms with E-state index in [4.69, 9.17) is 9.47 Å². The van der Waals surface area contributed by atoms with Crippen LogP contribution in [0.2, 0.25) is 0 Å². The van der Waals surface area contributed by atoms with Crippen LogP contribution in [0.1, 0.15) is 28.7 Å². The molecule has 0 aromatic carbocycles. The van der Waals surface area contributed by atoms with E-state index in [0.717, 1.165) is 11.4 Å². The zero-order valence-electron chi connectivity index (χ0n) is 11.9. The standard InChI is InChI=1S/C14H17N3O3/c1-8-5-10(6-9(2)16-8)13(18)12-14(20-4)17-11(19-3)7-15-12/h5-7,13,18H,1-4H3. The third kappa shape index (κ3) is 2.85.